The third-order valence-electron chi connectivity index (χ3n) is 25.7. The molecule has 0 amide bonds. The van der Waals surface area contributed by atoms with E-state index in [1.807, 2.05) is 0 Å². The van der Waals surface area contributed by atoms with E-state index < -0.39 is 10.8 Å². The topological polar surface area (TPSA) is 51.6 Å². The summed E-state index contributed by atoms with van der Waals surface area (Å²) in [7, 11) is 0. The summed E-state index contributed by atoms with van der Waals surface area (Å²) in [4.78, 5) is 0. The van der Waals surface area contributed by atoms with Gasteiger partial charge in [0, 0.05) is 51.4 Å². The first-order chi connectivity index (χ1) is 52.3. The Hall–Kier alpha value is -1.38. The molecule has 0 saturated heterocycles. The fourth-order valence-electron chi connectivity index (χ4n) is 19.3. The predicted molar refractivity (Wildman–Crippen MR) is 481 cm³/mol. The standard InChI is InChI=1S/C96H158F2I2N4S2/c1-5-9-13-17-21-25-29-33-37-41-45-49-53-57-61-65-69-73-95(74-70-66-62-58-54-50-46-42-38-34-30-26-22-18-14-10-6-2)79-77-81(99)91-93(103-105-101-91)83(79)85-87(95)89(97)86-84-80(78-82(100)92-94(84)104-106-102-92)96(88(86)90(85)98,75-71-67-63-59-55-51-47-43-39-35-31-27-23-19-15-11-7-3)76-72-68-64-60-56-52-48-44-40-36-32-28-24-20-16-12-8-4/h77-78H,5-76H2,1-4H3. The van der Waals surface area contributed by atoms with E-state index in [9.17, 15) is 0 Å². The molecule has 2 heterocycles. The highest BCUT2D eigenvalue weighted by atomic mass is 127. The molecule has 0 fully saturated rings. The lowest BCUT2D eigenvalue weighted by molar-refractivity contribution is 0.374. The highest BCUT2D eigenvalue weighted by Gasteiger charge is 2.55. The van der Waals surface area contributed by atoms with Gasteiger partial charge in [0.05, 0.1) is 23.5 Å². The van der Waals surface area contributed by atoms with Crippen LogP contribution in [-0.4, -0.2) is 17.5 Å². The second-order valence-electron chi connectivity index (χ2n) is 34.4. The van der Waals surface area contributed by atoms with Crippen LogP contribution in [0.2, 0.25) is 0 Å². The number of hydrogen-bond donors (Lipinski definition) is 0. The molecule has 0 bridgehead atoms. The molecule has 0 N–H and O–H groups in total. The Morgan fingerprint density at radius 3 is 0.575 bits per heavy atom. The molecular formula is C96H158F2I2N4S2. The van der Waals surface area contributed by atoms with Gasteiger partial charge in [-0.15, -0.1) is 0 Å². The lowest BCUT2D eigenvalue weighted by Gasteiger charge is -2.35. The average Bonchev–Trinajstić information content (AvgIpc) is 1.50. The highest BCUT2D eigenvalue weighted by molar-refractivity contribution is 14.1. The summed E-state index contributed by atoms with van der Waals surface area (Å²) in [5.74, 6) is -0.340. The molecular weight excluding hydrogens is 1570 g/mol. The van der Waals surface area contributed by atoms with Crippen LogP contribution in [-0.2, 0) is 10.8 Å². The first-order valence-electron chi connectivity index (χ1n) is 46.8. The second-order valence-corrected chi connectivity index (χ2v) is 37.8. The zero-order valence-corrected chi connectivity index (χ0v) is 75.1. The largest absolute Gasteiger partial charge is 0.206 e. The Labute approximate surface area is 687 Å². The van der Waals surface area contributed by atoms with Gasteiger partial charge in [0.1, 0.15) is 33.7 Å². The van der Waals surface area contributed by atoms with Crippen LogP contribution in [0.15, 0.2) is 12.1 Å². The molecule has 0 saturated carbocycles. The number of unbranched alkanes of at least 4 members (excludes halogenated alkanes) is 64. The Morgan fingerprint density at radius 2 is 0.396 bits per heavy atom. The number of hydrogen-bond acceptors (Lipinski definition) is 6. The van der Waals surface area contributed by atoms with Gasteiger partial charge < -0.3 is 0 Å². The Kier molecular flexibility index (Phi) is 49.2. The Balaban J connectivity index is 1.11. The molecule has 10 heteroatoms. The van der Waals surface area contributed by atoms with E-state index in [0.29, 0.717) is 22.3 Å². The van der Waals surface area contributed by atoms with Crippen LogP contribution in [0.5, 0.6) is 0 Å². The van der Waals surface area contributed by atoms with Gasteiger partial charge in [-0.2, -0.15) is 17.5 Å². The summed E-state index contributed by atoms with van der Waals surface area (Å²) in [5.41, 5.74) is 8.14. The minimum Gasteiger partial charge on any atom is -0.206 e. The predicted octanol–water partition coefficient (Wildman–Crippen LogP) is 35.9. The van der Waals surface area contributed by atoms with Gasteiger partial charge >= 0.3 is 0 Å². The maximum Gasteiger partial charge on any atom is 0.136 e. The minimum atomic E-state index is -0.692. The summed E-state index contributed by atoms with van der Waals surface area (Å²) >= 11 is 7.44. The van der Waals surface area contributed by atoms with Crippen molar-refractivity contribution in [2.45, 2.75) is 501 Å². The summed E-state index contributed by atoms with van der Waals surface area (Å²) in [6, 6.07) is 4.68. The van der Waals surface area contributed by atoms with Crippen LogP contribution in [0, 0.1) is 18.8 Å². The van der Waals surface area contributed by atoms with Crippen LogP contribution in [0.1, 0.15) is 512 Å². The van der Waals surface area contributed by atoms with Crippen LogP contribution < -0.4 is 0 Å². The summed E-state index contributed by atoms with van der Waals surface area (Å²) in [6.45, 7) is 9.24. The molecule has 0 atom stereocenters. The van der Waals surface area contributed by atoms with Crippen molar-refractivity contribution in [1.82, 2.24) is 17.5 Å². The van der Waals surface area contributed by atoms with Gasteiger partial charge in [-0.1, -0.05) is 464 Å². The number of rotatable bonds is 72. The third-order valence-corrected chi connectivity index (χ3v) is 28.4. The Morgan fingerprint density at radius 1 is 0.236 bits per heavy atom. The average molecular weight is 1720 g/mol. The maximum absolute atomic E-state index is 20.2. The minimum absolute atomic E-state index is 0.170. The maximum atomic E-state index is 20.2. The van der Waals surface area contributed by atoms with Crippen molar-refractivity contribution in [2.75, 3.05) is 0 Å². The van der Waals surface area contributed by atoms with Crippen molar-refractivity contribution in [2.24, 2.45) is 0 Å². The molecule has 2 aliphatic rings. The molecule has 2 aromatic heterocycles. The van der Waals surface area contributed by atoms with E-state index in [0.717, 1.165) is 129 Å². The molecule has 602 valence electrons. The number of nitrogens with zero attached hydrogens (tertiary/aromatic N) is 4. The van der Waals surface area contributed by atoms with Crippen LogP contribution in [0.4, 0.5) is 8.78 Å². The van der Waals surface area contributed by atoms with Gasteiger partial charge in [-0.25, -0.2) is 8.78 Å². The first-order valence-corrected chi connectivity index (χ1v) is 50.4. The van der Waals surface area contributed by atoms with E-state index in [-0.39, 0.29) is 11.6 Å². The molecule has 2 aliphatic carbocycles. The zero-order valence-electron chi connectivity index (χ0n) is 69.2. The number of aromatic nitrogens is 4. The normalized spacial score (nSPS) is 13.5. The van der Waals surface area contributed by atoms with Crippen LogP contribution >= 0.6 is 68.6 Å². The van der Waals surface area contributed by atoms with Crippen LogP contribution in [0.3, 0.4) is 0 Å². The number of halogens is 4. The van der Waals surface area contributed by atoms with E-state index in [1.54, 1.807) is 0 Å². The van der Waals surface area contributed by atoms with Crippen molar-refractivity contribution in [3.8, 4) is 22.3 Å². The summed E-state index contributed by atoms with van der Waals surface area (Å²) in [6.07, 6.45) is 93.3. The molecule has 0 aliphatic heterocycles. The summed E-state index contributed by atoms with van der Waals surface area (Å²) < 4.78 is 62.6. The lowest BCUT2D eigenvalue weighted by atomic mass is 9.68. The van der Waals surface area contributed by atoms with Gasteiger partial charge in [-0.05, 0) is 94.1 Å². The molecule has 0 unspecified atom stereocenters. The van der Waals surface area contributed by atoms with Gasteiger partial charge in [0.25, 0.3) is 0 Å². The molecule has 106 heavy (non-hydrogen) atoms. The fourth-order valence-corrected chi connectivity index (χ4v) is 22.1. The van der Waals surface area contributed by atoms with E-state index >= 15 is 8.78 Å². The van der Waals surface area contributed by atoms with Crippen molar-refractivity contribution in [3.63, 3.8) is 0 Å². The number of benzene rings is 3. The van der Waals surface area contributed by atoms with Gasteiger partial charge in [0.15, 0.2) is 0 Å². The number of fused-ring (bicyclic) bond motifs is 10. The van der Waals surface area contributed by atoms with E-state index in [1.165, 1.54) is 409 Å². The van der Waals surface area contributed by atoms with Crippen LogP contribution in [0.25, 0.3) is 44.3 Å². The van der Waals surface area contributed by atoms with E-state index in [2.05, 4.69) is 85.0 Å². The molecule has 7 rings (SSSR count). The SMILES string of the molecule is CCCCCCCCCCCCCCCCCCCC1(CCCCCCCCCCCCCCCCCCC)c2cc(I)c3nsnc3c2-c2c(F)c3c(c(F)c21)-c1c(cc(I)c2nsnc12)C3(CCCCCCCCCCCCCCCCCCC)CCCCCCCCCCCCCCCCCCC. The zero-order chi connectivity index (χ0) is 74.8. The van der Waals surface area contributed by atoms with Crippen molar-refractivity contribution >= 4 is 90.7 Å². The highest BCUT2D eigenvalue weighted by Crippen LogP contribution is 2.65. The molecule has 4 nitrogen and oxygen atoms in total. The quantitative estimate of drug-likeness (QED) is 0.0288. The molecule has 0 spiro atoms. The monoisotopic (exact) mass is 1720 g/mol. The third kappa shape index (κ3) is 30.4. The summed E-state index contributed by atoms with van der Waals surface area (Å²) in [5, 5.41) is 0. The molecule has 5 aromatic rings. The Bertz CT molecular complexity index is 2780. The first kappa shape index (κ1) is 91.8. The smallest absolute Gasteiger partial charge is 0.136 e. The van der Waals surface area contributed by atoms with Gasteiger partial charge in [-0.3, -0.25) is 0 Å². The van der Waals surface area contributed by atoms with Crippen molar-refractivity contribution in [3.05, 3.63) is 53.2 Å². The van der Waals surface area contributed by atoms with Crippen molar-refractivity contribution in [1.29, 1.82) is 0 Å². The van der Waals surface area contributed by atoms with Gasteiger partial charge in [0.2, 0.25) is 0 Å². The van der Waals surface area contributed by atoms with E-state index in [4.69, 9.17) is 17.5 Å². The van der Waals surface area contributed by atoms with Crippen molar-refractivity contribution < 1.29 is 8.78 Å². The lowest BCUT2D eigenvalue weighted by Crippen LogP contribution is -2.29. The molecule has 3 aromatic carbocycles. The second kappa shape index (κ2) is 56.8. The molecule has 0 radical (unpaired) electrons. The fraction of sp³-hybridized carbons (Fsp3) is 0.812.